The van der Waals surface area contributed by atoms with Crippen molar-refractivity contribution < 1.29 is 4.74 Å². The summed E-state index contributed by atoms with van der Waals surface area (Å²) in [5.41, 5.74) is 17.9. The van der Waals surface area contributed by atoms with E-state index in [2.05, 4.69) is 32.3 Å². The van der Waals surface area contributed by atoms with E-state index in [1.165, 1.54) is 0 Å². The van der Waals surface area contributed by atoms with Crippen LogP contribution in [0.25, 0.3) is 17.0 Å². The molecule has 3 aromatic rings. The number of nitrogens with two attached hydrogens (primary N) is 2. The average molecular weight is 455 g/mol. The molecular weight excluding hydrogens is 420 g/mol. The second-order valence-corrected chi connectivity index (χ2v) is 8.37. The van der Waals surface area contributed by atoms with E-state index in [9.17, 15) is 0 Å². The van der Waals surface area contributed by atoms with E-state index in [0.29, 0.717) is 29.7 Å². The molecule has 3 rings (SSSR count). The van der Waals surface area contributed by atoms with Gasteiger partial charge in [-0.25, -0.2) is 0 Å². The Morgan fingerprint density at radius 3 is 2.56 bits per heavy atom. The van der Waals surface area contributed by atoms with Crippen molar-refractivity contribution in [3.05, 3.63) is 96.4 Å². The topological polar surface area (TPSA) is 86.5 Å². The van der Waals surface area contributed by atoms with Crippen LogP contribution in [0.2, 0.25) is 0 Å². The highest BCUT2D eigenvalue weighted by atomic mass is 16.5. The lowest BCUT2D eigenvalue weighted by atomic mass is 10.0. The summed E-state index contributed by atoms with van der Waals surface area (Å²) in [7, 11) is 0. The van der Waals surface area contributed by atoms with Crippen LogP contribution in [0.15, 0.2) is 90.3 Å². The summed E-state index contributed by atoms with van der Waals surface area (Å²) in [4.78, 5) is 9.51. The number of nitrogens with zero attached hydrogens (tertiary/aromatic N) is 2. The van der Waals surface area contributed by atoms with Crippen LogP contribution >= 0.6 is 0 Å². The summed E-state index contributed by atoms with van der Waals surface area (Å²) in [6.07, 6.45) is 5.53. The molecule has 1 heterocycles. The first-order valence-electron chi connectivity index (χ1n) is 11.6. The number of hydrogen-bond acceptors (Lipinski definition) is 5. The van der Waals surface area contributed by atoms with Crippen molar-refractivity contribution >= 4 is 17.1 Å². The van der Waals surface area contributed by atoms with Crippen LogP contribution < -0.4 is 16.2 Å². The third-order valence-electron chi connectivity index (χ3n) is 5.77. The highest BCUT2D eigenvalue weighted by Crippen LogP contribution is 2.32. The second kappa shape index (κ2) is 12.0. The third kappa shape index (κ3) is 6.65. The molecule has 4 N–H and O–H groups in total. The molecule has 1 aromatic heterocycles. The van der Waals surface area contributed by atoms with Crippen LogP contribution in [0, 0.1) is 5.92 Å². The Labute approximate surface area is 202 Å². The number of aliphatic imine (C=N–C) groups is 1. The van der Waals surface area contributed by atoms with Gasteiger partial charge in [-0.3, -0.25) is 9.98 Å². The number of aromatic nitrogens is 1. The van der Waals surface area contributed by atoms with E-state index in [1.807, 2.05) is 66.9 Å². The number of anilines is 1. The Hall–Kier alpha value is -3.70. The van der Waals surface area contributed by atoms with Crippen molar-refractivity contribution in [2.24, 2.45) is 16.6 Å². The zero-order valence-electron chi connectivity index (χ0n) is 20.3. The Bertz CT molecular complexity index is 1160. The summed E-state index contributed by atoms with van der Waals surface area (Å²) in [5.74, 6) is 1.44. The maximum Gasteiger partial charge on any atom is 0.138 e. The van der Waals surface area contributed by atoms with E-state index in [1.54, 1.807) is 6.07 Å². The number of benzene rings is 2. The summed E-state index contributed by atoms with van der Waals surface area (Å²) in [6, 6.07) is 19.6. The van der Waals surface area contributed by atoms with Crippen LogP contribution in [0.3, 0.4) is 0 Å². The van der Waals surface area contributed by atoms with Gasteiger partial charge in [-0.2, -0.15) is 0 Å². The molecule has 0 bridgehead atoms. The Kier molecular flexibility index (Phi) is 8.77. The van der Waals surface area contributed by atoms with Gasteiger partial charge in [0.2, 0.25) is 0 Å². The van der Waals surface area contributed by atoms with Gasteiger partial charge in [0.05, 0.1) is 11.4 Å². The standard InChI is InChI=1S/C29H34N4O/c1-5-20(2)22(4)33-28(24-9-7-6-8-10-24)17-21(3)34-29-18-25(31)12-13-26(29)27-14-11-23(15-16-30)19-32-27/h6-14,17-20H,3,5,15-16,30-31H2,1-2,4H3/b28-17-,33-22?. The fourth-order valence-corrected chi connectivity index (χ4v) is 3.44. The number of allylic oxidation sites excluding steroid dienone is 1. The Balaban J connectivity index is 1.94. The van der Waals surface area contributed by atoms with Crippen LogP contribution in [-0.2, 0) is 6.42 Å². The van der Waals surface area contributed by atoms with Gasteiger partial charge in [-0.05, 0) is 56.0 Å². The van der Waals surface area contributed by atoms with Crippen molar-refractivity contribution in [3.63, 3.8) is 0 Å². The largest absolute Gasteiger partial charge is 0.457 e. The fraction of sp³-hybridized carbons (Fsp3) is 0.241. The van der Waals surface area contributed by atoms with E-state index in [-0.39, 0.29) is 0 Å². The van der Waals surface area contributed by atoms with E-state index in [4.69, 9.17) is 21.2 Å². The molecule has 0 saturated carbocycles. The fourth-order valence-electron chi connectivity index (χ4n) is 3.44. The number of pyridine rings is 1. The molecule has 0 aliphatic carbocycles. The summed E-state index contributed by atoms with van der Waals surface area (Å²) >= 11 is 0. The summed E-state index contributed by atoms with van der Waals surface area (Å²) < 4.78 is 6.20. The van der Waals surface area contributed by atoms with Gasteiger partial charge >= 0.3 is 0 Å². The molecule has 0 aliphatic rings. The highest BCUT2D eigenvalue weighted by molar-refractivity contribution is 5.90. The monoisotopic (exact) mass is 454 g/mol. The Morgan fingerprint density at radius 2 is 1.91 bits per heavy atom. The van der Waals surface area contributed by atoms with Gasteiger partial charge in [-0.15, -0.1) is 0 Å². The van der Waals surface area contributed by atoms with Crippen LogP contribution in [-0.4, -0.2) is 17.2 Å². The predicted molar refractivity (Wildman–Crippen MR) is 144 cm³/mol. The van der Waals surface area contributed by atoms with Gasteiger partial charge in [0.15, 0.2) is 0 Å². The number of hydrogen-bond donors (Lipinski definition) is 2. The molecule has 1 unspecified atom stereocenters. The molecule has 176 valence electrons. The SMILES string of the molecule is C=C(/C=C(\N=C(C)C(C)CC)c1ccccc1)Oc1cc(N)ccc1-c1ccc(CCN)cn1. The highest BCUT2D eigenvalue weighted by Gasteiger charge is 2.12. The zero-order valence-corrected chi connectivity index (χ0v) is 20.3. The Morgan fingerprint density at radius 1 is 1.15 bits per heavy atom. The molecular formula is C29H34N4O. The first kappa shape index (κ1) is 24.9. The first-order valence-corrected chi connectivity index (χ1v) is 11.6. The second-order valence-electron chi connectivity index (χ2n) is 8.37. The van der Waals surface area contributed by atoms with Gasteiger partial charge < -0.3 is 16.2 Å². The maximum atomic E-state index is 6.20. The van der Waals surface area contributed by atoms with E-state index in [0.717, 1.165) is 46.6 Å². The molecule has 2 aromatic carbocycles. The number of rotatable bonds is 10. The zero-order chi connectivity index (χ0) is 24.5. The minimum absolute atomic E-state index is 0.384. The summed E-state index contributed by atoms with van der Waals surface area (Å²) in [6.45, 7) is 11.1. The smallest absolute Gasteiger partial charge is 0.138 e. The van der Waals surface area contributed by atoms with Crippen molar-refractivity contribution in [3.8, 4) is 17.0 Å². The van der Waals surface area contributed by atoms with Crippen molar-refractivity contribution in [2.45, 2.75) is 33.6 Å². The predicted octanol–water partition coefficient (Wildman–Crippen LogP) is 6.27. The molecule has 1 atom stereocenters. The van der Waals surface area contributed by atoms with Crippen LogP contribution in [0.4, 0.5) is 5.69 Å². The lowest BCUT2D eigenvalue weighted by Crippen LogP contribution is -2.06. The van der Waals surface area contributed by atoms with Crippen LogP contribution in [0.1, 0.15) is 38.3 Å². The van der Waals surface area contributed by atoms with E-state index >= 15 is 0 Å². The number of ether oxygens (including phenoxy) is 1. The van der Waals surface area contributed by atoms with Crippen molar-refractivity contribution in [1.29, 1.82) is 0 Å². The molecule has 0 aliphatic heterocycles. The molecule has 0 saturated heterocycles. The molecule has 5 heteroatoms. The normalized spacial score (nSPS) is 12.9. The maximum absolute atomic E-state index is 6.20. The molecule has 5 nitrogen and oxygen atoms in total. The van der Waals surface area contributed by atoms with Crippen molar-refractivity contribution in [1.82, 2.24) is 4.98 Å². The average Bonchev–Trinajstić information content (AvgIpc) is 2.84. The first-order chi connectivity index (χ1) is 16.4. The molecule has 34 heavy (non-hydrogen) atoms. The lowest BCUT2D eigenvalue weighted by molar-refractivity contribution is 0.449. The molecule has 0 spiro atoms. The molecule has 0 radical (unpaired) electrons. The van der Waals surface area contributed by atoms with Gasteiger partial charge in [0.25, 0.3) is 0 Å². The minimum atomic E-state index is 0.384. The van der Waals surface area contributed by atoms with Crippen LogP contribution in [0.5, 0.6) is 5.75 Å². The third-order valence-corrected chi connectivity index (χ3v) is 5.77. The molecule has 0 amide bonds. The van der Waals surface area contributed by atoms with Crippen molar-refractivity contribution in [2.75, 3.05) is 12.3 Å². The van der Waals surface area contributed by atoms with E-state index < -0.39 is 0 Å². The van der Waals surface area contributed by atoms with Gasteiger partial charge in [0, 0.05) is 40.9 Å². The lowest BCUT2D eigenvalue weighted by Gasteiger charge is -2.14. The number of nitrogen functional groups attached to an aromatic ring is 1. The molecule has 0 fully saturated rings. The quantitative estimate of drug-likeness (QED) is 0.163. The van der Waals surface area contributed by atoms with Gasteiger partial charge in [0.1, 0.15) is 11.5 Å². The summed E-state index contributed by atoms with van der Waals surface area (Å²) in [5, 5.41) is 0. The minimum Gasteiger partial charge on any atom is -0.457 e. The van der Waals surface area contributed by atoms with Gasteiger partial charge in [-0.1, -0.05) is 56.8 Å².